The van der Waals surface area contributed by atoms with Crippen LogP contribution in [0.3, 0.4) is 0 Å². The Kier molecular flexibility index (Phi) is 3.83. The Hall–Kier alpha value is -0.960. The van der Waals surface area contributed by atoms with E-state index in [1.165, 1.54) is 0 Å². The van der Waals surface area contributed by atoms with E-state index in [9.17, 15) is 4.79 Å². The van der Waals surface area contributed by atoms with Crippen LogP contribution in [-0.2, 0) is 11.3 Å². The Morgan fingerprint density at radius 3 is 3.08 bits per heavy atom. The van der Waals surface area contributed by atoms with Crippen molar-refractivity contribution in [1.82, 2.24) is 10.3 Å². The number of aromatic amines is 1. The lowest BCUT2D eigenvalue weighted by Gasteiger charge is -2.07. The summed E-state index contributed by atoms with van der Waals surface area (Å²) in [6.07, 6.45) is 3.68. The lowest BCUT2D eigenvalue weighted by Crippen LogP contribution is -2.29. The third-order valence-corrected chi connectivity index (χ3v) is 2.27. The first-order chi connectivity index (χ1) is 6.24. The van der Waals surface area contributed by atoms with Crippen molar-refractivity contribution in [1.29, 1.82) is 0 Å². The first-order valence-corrected chi connectivity index (χ1v) is 4.73. The fraction of sp³-hybridized carbons (Fsp3) is 0.444. The molecule has 1 aromatic rings. The van der Waals surface area contributed by atoms with E-state index in [0.717, 1.165) is 5.56 Å². The third kappa shape index (κ3) is 3.11. The highest BCUT2D eigenvalue weighted by molar-refractivity contribution is 6.19. The number of nitrogens with one attached hydrogen (secondary N) is 2. The van der Waals surface area contributed by atoms with E-state index in [1.807, 2.05) is 18.5 Å². The lowest BCUT2D eigenvalue weighted by atomic mass is 10.2. The summed E-state index contributed by atoms with van der Waals surface area (Å²) in [7, 11) is 0. The van der Waals surface area contributed by atoms with E-state index in [4.69, 9.17) is 11.6 Å². The zero-order valence-corrected chi connectivity index (χ0v) is 8.27. The molecule has 1 amide bonds. The number of rotatable bonds is 4. The topological polar surface area (TPSA) is 44.9 Å². The quantitative estimate of drug-likeness (QED) is 0.711. The fourth-order valence-electron chi connectivity index (χ4n) is 0.902. The second kappa shape index (κ2) is 4.92. The SMILES string of the molecule is CC(CCl)C(=O)NCc1cc[nH]c1. The van der Waals surface area contributed by atoms with E-state index in [0.29, 0.717) is 12.4 Å². The predicted octanol–water partition coefficient (Wildman–Crippen LogP) is 1.51. The number of hydrogen-bond donors (Lipinski definition) is 2. The smallest absolute Gasteiger partial charge is 0.224 e. The van der Waals surface area contributed by atoms with Gasteiger partial charge in [-0.15, -0.1) is 11.6 Å². The third-order valence-electron chi connectivity index (χ3n) is 1.81. The molecule has 3 nitrogen and oxygen atoms in total. The van der Waals surface area contributed by atoms with Gasteiger partial charge in [0.2, 0.25) is 5.91 Å². The predicted molar refractivity (Wildman–Crippen MR) is 52.5 cm³/mol. The van der Waals surface area contributed by atoms with Gasteiger partial charge in [-0.25, -0.2) is 0 Å². The molecule has 1 unspecified atom stereocenters. The Balaban J connectivity index is 2.31. The number of hydrogen-bond acceptors (Lipinski definition) is 1. The van der Waals surface area contributed by atoms with Gasteiger partial charge in [0.1, 0.15) is 0 Å². The largest absolute Gasteiger partial charge is 0.367 e. The highest BCUT2D eigenvalue weighted by Gasteiger charge is 2.10. The standard InChI is InChI=1S/C9H13ClN2O/c1-7(4-10)9(13)12-6-8-2-3-11-5-8/h2-3,5,7,11H,4,6H2,1H3,(H,12,13). The molecule has 0 radical (unpaired) electrons. The average Bonchev–Trinajstić information content (AvgIpc) is 2.65. The van der Waals surface area contributed by atoms with Gasteiger partial charge >= 0.3 is 0 Å². The van der Waals surface area contributed by atoms with Crippen LogP contribution in [0.25, 0.3) is 0 Å². The first kappa shape index (κ1) is 10.1. The molecule has 0 aliphatic carbocycles. The summed E-state index contributed by atoms with van der Waals surface area (Å²) in [5.74, 6) is 0.232. The van der Waals surface area contributed by atoms with Crippen molar-refractivity contribution >= 4 is 17.5 Å². The van der Waals surface area contributed by atoms with E-state index in [1.54, 1.807) is 6.92 Å². The maximum atomic E-state index is 11.3. The number of H-pyrrole nitrogens is 1. The van der Waals surface area contributed by atoms with Crippen LogP contribution in [0, 0.1) is 5.92 Å². The van der Waals surface area contributed by atoms with Gasteiger partial charge in [0.05, 0.1) is 0 Å². The monoisotopic (exact) mass is 200 g/mol. The minimum absolute atomic E-state index is 0.00352. The zero-order valence-electron chi connectivity index (χ0n) is 7.51. The molecule has 13 heavy (non-hydrogen) atoms. The van der Waals surface area contributed by atoms with Gasteiger partial charge < -0.3 is 10.3 Å². The zero-order chi connectivity index (χ0) is 9.68. The van der Waals surface area contributed by atoms with Gasteiger partial charge in [0.15, 0.2) is 0 Å². The summed E-state index contributed by atoms with van der Waals surface area (Å²) < 4.78 is 0. The molecule has 72 valence electrons. The van der Waals surface area contributed by atoms with E-state index < -0.39 is 0 Å². The number of carbonyl (C=O) groups is 1. The van der Waals surface area contributed by atoms with Crippen LogP contribution in [0.5, 0.6) is 0 Å². The second-order valence-electron chi connectivity index (χ2n) is 2.99. The molecule has 0 aromatic carbocycles. The number of amides is 1. The van der Waals surface area contributed by atoms with Crippen LogP contribution in [-0.4, -0.2) is 16.8 Å². The normalized spacial score (nSPS) is 12.5. The van der Waals surface area contributed by atoms with Gasteiger partial charge in [0, 0.05) is 30.7 Å². The summed E-state index contributed by atoms with van der Waals surface area (Å²) in [4.78, 5) is 14.2. The van der Waals surface area contributed by atoms with Crippen LogP contribution < -0.4 is 5.32 Å². The van der Waals surface area contributed by atoms with Gasteiger partial charge in [-0.3, -0.25) is 4.79 Å². The van der Waals surface area contributed by atoms with Crippen LogP contribution in [0.2, 0.25) is 0 Å². The number of alkyl halides is 1. The lowest BCUT2D eigenvalue weighted by molar-refractivity contribution is -0.124. The Labute approximate surface area is 82.5 Å². The molecule has 0 bridgehead atoms. The van der Waals surface area contributed by atoms with E-state index >= 15 is 0 Å². The highest BCUT2D eigenvalue weighted by atomic mass is 35.5. The molecule has 2 N–H and O–H groups in total. The average molecular weight is 201 g/mol. The van der Waals surface area contributed by atoms with E-state index in [-0.39, 0.29) is 11.8 Å². The van der Waals surface area contributed by atoms with Crippen molar-refractivity contribution in [2.24, 2.45) is 5.92 Å². The second-order valence-corrected chi connectivity index (χ2v) is 3.30. The summed E-state index contributed by atoms with van der Waals surface area (Å²) in [6.45, 7) is 2.36. The minimum atomic E-state index is -0.124. The Bertz CT molecular complexity index is 259. The molecule has 0 fully saturated rings. The van der Waals surface area contributed by atoms with E-state index in [2.05, 4.69) is 10.3 Å². The first-order valence-electron chi connectivity index (χ1n) is 4.19. The van der Waals surface area contributed by atoms with Gasteiger partial charge in [-0.1, -0.05) is 6.92 Å². The Morgan fingerprint density at radius 1 is 1.77 bits per heavy atom. The van der Waals surface area contributed by atoms with Crippen molar-refractivity contribution in [3.8, 4) is 0 Å². The van der Waals surface area contributed by atoms with Crippen LogP contribution in [0.4, 0.5) is 0 Å². The molecule has 4 heteroatoms. The highest BCUT2D eigenvalue weighted by Crippen LogP contribution is 2.00. The molecule has 1 rings (SSSR count). The van der Waals surface area contributed by atoms with Crippen molar-refractivity contribution in [2.45, 2.75) is 13.5 Å². The maximum absolute atomic E-state index is 11.3. The van der Waals surface area contributed by atoms with Crippen molar-refractivity contribution < 1.29 is 4.79 Å². The van der Waals surface area contributed by atoms with Crippen LogP contribution >= 0.6 is 11.6 Å². The van der Waals surface area contributed by atoms with Gasteiger partial charge in [-0.05, 0) is 11.6 Å². The molecule has 1 heterocycles. The molecule has 1 aromatic heterocycles. The molecular weight excluding hydrogens is 188 g/mol. The summed E-state index contributed by atoms with van der Waals surface area (Å²) >= 11 is 5.54. The van der Waals surface area contributed by atoms with Crippen LogP contribution in [0.15, 0.2) is 18.5 Å². The van der Waals surface area contributed by atoms with Gasteiger partial charge in [0.25, 0.3) is 0 Å². The minimum Gasteiger partial charge on any atom is -0.367 e. The Morgan fingerprint density at radius 2 is 2.54 bits per heavy atom. The van der Waals surface area contributed by atoms with Crippen molar-refractivity contribution in [3.63, 3.8) is 0 Å². The molecular formula is C9H13ClN2O. The summed E-state index contributed by atoms with van der Waals surface area (Å²) in [5.41, 5.74) is 1.06. The molecule has 0 spiro atoms. The summed E-state index contributed by atoms with van der Waals surface area (Å²) in [5, 5.41) is 2.79. The molecule has 1 atom stereocenters. The number of halogens is 1. The van der Waals surface area contributed by atoms with Crippen LogP contribution in [0.1, 0.15) is 12.5 Å². The molecule has 0 aliphatic heterocycles. The fourth-order valence-corrected chi connectivity index (χ4v) is 1.04. The van der Waals surface area contributed by atoms with Gasteiger partial charge in [-0.2, -0.15) is 0 Å². The molecule has 0 saturated carbocycles. The number of carbonyl (C=O) groups excluding carboxylic acids is 1. The van der Waals surface area contributed by atoms with Crippen molar-refractivity contribution in [2.75, 3.05) is 5.88 Å². The maximum Gasteiger partial charge on any atom is 0.224 e. The van der Waals surface area contributed by atoms with Crippen molar-refractivity contribution in [3.05, 3.63) is 24.0 Å². The summed E-state index contributed by atoms with van der Waals surface area (Å²) in [6, 6.07) is 1.92. The molecule has 0 aliphatic rings. The number of aromatic nitrogens is 1. The molecule has 0 saturated heterocycles.